The fraction of sp³-hybridized carbons (Fsp3) is 0.0909. The van der Waals surface area contributed by atoms with Crippen LogP contribution in [0.4, 0.5) is 0 Å². The van der Waals surface area contributed by atoms with Crippen molar-refractivity contribution in [2.45, 2.75) is 0 Å². The van der Waals surface area contributed by atoms with E-state index in [0.717, 1.165) is 22.3 Å². The molecule has 0 saturated carbocycles. The van der Waals surface area contributed by atoms with Crippen molar-refractivity contribution < 1.29 is 0 Å². The smallest absolute Gasteiger partial charge is 0.0894 e. The Hall–Kier alpha value is -1.41. The van der Waals surface area contributed by atoms with Crippen molar-refractivity contribution in [2.75, 3.05) is 5.88 Å². The van der Waals surface area contributed by atoms with Crippen LogP contribution in [0.3, 0.4) is 0 Å². The summed E-state index contributed by atoms with van der Waals surface area (Å²) in [6, 6.07) is 7.72. The lowest BCUT2D eigenvalue weighted by atomic mass is 10.2. The van der Waals surface area contributed by atoms with E-state index in [0.29, 0.717) is 5.88 Å². The minimum Gasteiger partial charge on any atom is -0.252 e. The minimum atomic E-state index is 0.382. The maximum atomic E-state index is 5.67. The summed E-state index contributed by atoms with van der Waals surface area (Å²) in [6.45, 7) is 3.82. The third kappa shape index (κ3) is 1.61. The van der Waals surface area contributed by atoms with Gasteiger partial charge >= 0.3 is 0 Å². The molecular weight excluding hydrogens is 196 g/mol. The summed E-state index contributed by atoms with van der Waals surface area (Å²) < 4.78 is 0. The van der Waals surface area contributed by atoms with Crippen molar-refractivity contribution >= 4 is 28.2 Å². The molecule has 0 spiro atoms. The summed E-state index contributed by atoms with van der Waals surface area (Å²) in [4.78, 5) is 8.67. The second-order valence-corrected chi connectivity index (χ2v) is 3.25. The summed E-state index contributed by atoms with van der Waals surface area (Å²) in [5.74, 6) is 0.382. The highest BCUT2D eigenvalue weighted by Crippen LogP contribution is 2.14. The SMILES string of the molecule is C=C(CCl)c1cnc2ccccc2n1. The fourth-order valence-corrected chi connectivity index (χ4v) is 1.33. The van der Waals surface area contributed by atoms with Gasteiger partial charge in [-0.2, -0.15) is 0 Å². The van der Waals surface area contributed by atoms with E-state index in [1.54, 1.807) is 6.20 Å². The number of nitrogens with zero attached hydrogens (tertiary/aromatic N) is 2. The average Bonchev–Trinajstić information content (AvgIpc) is 2.27. The summed E-state index contributed by atoms with van der Waals surface area (Å²) in [6.07, 6.45) is 1.70. The predicted molar refractivity (Wildman–Crippen MR) is 59.3 cm³/mol. The van der Waals surface area contributed by atoms with E-state index in [1.165, 1.54) is 0 Å². The number of halogens is 1. The predicted octanol–water partition coefficient (Wildman–Crippen LogP) is 2.88. The number of fused-ring (bicyclic) bond motifs is 1. The molecule has 70 valence electrons. The number of rotatable bonds is 2. The molecular formula is C11H9ClN2. The molecule has 0 amide bonds. The number of allylic oxidation sites excluding steroid dienone is 1. The highest BCUT2D eigenvalue weighted by molar-refractivity contribution is 6.23. The first-order chi connectivity index (χ1) is 6.81. The minimum absolute atomic E-state index is 0.382. The van der Waals surface area contributed by atoms with Gasteiger partial charge < -0.3 is 0 Å². The lowest BCUT2D eigenvalue weighted by Gasteiger charge is -2.01. The Labute approximate surface area is 87.3 Å². The molecule has 1 aromatic heterocycles. The molecule has 2 rings (SSSR count). The number of alkyl halides is 1. The van der Waals surface area contributed by atoms with Gasteiger partial charge in [-0.1, -0.05) is 18.7 Å². The van der Waals surface area contributed by atoms with Crippen LogP contribution in [-0.2, 0) is 0 Å². The van der Waals surface area contributed by atoms with Gasteiger partial charge in [-0.05, 0) is 17.7 Å². The molecule has 0 radical (unpaired) electrons. The van der Waals surface area contributed by atoms with E-state index in [4.69, 9.17) is 11.6 Å². The zero-order valence-electron chi connectivity index (χ0n) is 7.57. The van der Waals surface area contributed by atoms with E-state index < -0.39 is 0 Å². The van der Waals surface area contributed by atoms with Gasteiger partial charge in [0.05, 0.1) is 22.9 Å². The van der Waals surface area contributed by atoms with Crippen LogP contribution in [0.2, 0.25) is 0 Å². The van der Waals surface area contributed by atoms with E-state index >= 15 is 0 Å². The summed E-state index contributed by atoms with van der Waals surface area (Å²) in [5.41, 5.74) is 3.32. The number of hydrogen-bond acceptors (Lipinski definition) is 2. The second-order valence-electron chi connectivity index (χ2n) is 2.98. The van der Waals surface area contributed by atoms with E-state index in [-0.39, 0.29) is 0 Å². The second kappa shape index (κ2) is 3.76. The quantitative estimate of drug-likeness (QED) is 0.703. The van der Waals surface area contributed by atoms with Crippen molar-refractivity contribution in [1.82, 2.24) is 9.97 Å². The van der Waals surface area contributed by atoms with Crippen molar-refractivity contribution in [3.05, 3.63) is 42.7 Å². The van der Waals surface area contributed by atoms with Gasteiger partial charge in [0, 0.05) is 5.88 Å². The normalized spacial score (nSPS) is 10.4. The van der Waals surface area contributed by atoms with Gasteiger partial charge in [0.25, 0.3) is 0 Å². The van der Waals surface area contributed by atoms with Gasteiger partial charge in [0.1, 0.15) is 0 Å². The molecule has 0 N–H and O–H groups in total. The average molecular weight is 205 g/mol. The van der Waals surface area contributed by atoms with Gasteiger partial charge in [0.2, 0.25) is 0 Å². The van der Waals surface area contributed by atoms with Crippen LogP contribution in [0.15, 0.2) is 37.0 Å². The Morgan fingerprint density at radius 3 is 2.71 bits per heavy atom. The lowest BCUT2D eigenvalue weighted by molar-refractivity contribution is 1.25. The van der Waals surface area contributed by atoms with Crippen LogP contribution in [0, 0.1) is 0 Å². The molecule has 0 aliphatic rings. The van der Waals surface area contributed by atoms with Crippen molar-refractivity contribution in [3.8, 4) is 0 Å². The number of aromatic nitrogens is 2. The zero-order chi connectivity index (χ0) is 9.97. The van der Waals surface area contributed by atoms with E-state index in [9.17, 15) is 0 Å². The van der Waals surface area contributed by atoms with E-state index in [2.05, 4.69) is 16.5 Å². The number of benzene rings is 1. The molecule has 2 aromatic rings. The van der Waals surface area contributed by atoms with Crippen LogP contribution in [-0.4, -0.2) is 15.8 Å². The molecule has 0 atom stereocenters. The maximum Gasteiger partial charge on any atom is 0.0894 e. The largest absolute Gasteiger partial charge is 0.252 e. The lowest BCUT2D eigenvalue weighted by Crippen LogP contribution is -1.92. The maximum absolute atomic E-state index is 5.67. The van der Waals surface area contributed by atoms with Gasteiger partial charge in [-0.25, -0.2) is 4.98 Å². The summed E-state index contributed by atoms with van der Waals surface area (Å²) in [7, 11) is 0. The molecule has 14 heavy (non-hydrogen) atoms. The van der Waals surface area contributed by atoms with Gasteiger partial charge in [-0.3, -0.25) is 4.98 Å². The Bertz CT molecular complexity index is 479. The third-order valence-corrected chi connectivity index (χ3v) is 2.29. The number of hydrogen-bond donors (Lipinski definition) is 0. The monoisotopic (exact) mass is 204 g/mol. The highest BCUT2D eigenvalue weighted by atomic mass is 35.5. The van der Waals surface area contributed by atoms with E-state index in [1.807, 2.05) is 24.3 Å². The highest BCUT2D eigenvalue weighted by Gasteiger charge is 2.01. The van der Waals surface area contributed by atoms with Crippen LogP contribution >= 0.6 is 11.6 Å². The molecule has 3 heteroatoms. The topological polar surface area (TPSA) is 25.8 Å². The van der Waals surface area contributed by atoms with Gasteiger partial charge in [-0.15, -0.1) is 11.6 Å². The first kappa shape index (κ1) is 9.16. The third-order valence-electron chi connectivity index (χ3n) is 1.97. The zero-order valence-corrected chi connectivity index (χ0v) is 8.33. The molecule has 1 heterocycles. The first-order valence-corrected chi connectivity index (χ1v) is 4.80. The molecule has 0 saturated heterocycles. The Balaban J connectivity index is 2.56. The Morgan fingerprint density at radius 1 is 1.29 bits per heavy atom. The van der Waals surface area contributed by atoms with Crippen LogP contribution < -0.4 is 0 Å². The number of para-hydroxylation sites is 2. The molecule has 0 bridgehead atoms. The fourth-order valence-electron chi connectivity index (χ4n) is 1.20. The van der Waals surface area contributed by atoms with Gasteiger partial charge in [0.15, 0.2) is 0 Å². The molecule has 0 aliphatic heterocycles. The molecule has 0 aliphatic carbocycles. The molecule has 2 nitrogen and oxygen atoms in total. The van der Waals surface area contributed by atoms with Crippen LogP contribution in [0.25, 0.3) is 16.6 Å². The van der Waals surface area contributed by atoms with Crippen molar-refractivity contribution in [3.63, 3.8) is 0 Å². The molecule has 1 aromatic carbocycles. The molecule has 0 fully saturated rings. The van der Waals surface area contributed by atoms with Crippen LogP contribution in [0.5, 0.6) is 0 Å². The van der Waals surface area contributed by atoms with Crippen LogP contribution in [0.1, 0.15) is 5.69 Å². The standard InChI is InChI=1S/C11H9ClN2/c1-8(6-12)11-7-13-9-4-2-3-5-10(9)14-11/h2-5,7H,1,6H2. The van der Waals surface area contributed by atoms with Crippen molar-refractivity contribution in [2.24, 2.45) is 0 Å². The Morgan fingerprint density at radius 2 is 2.00 bits per heavy atom. The summed E-state index contributed by atoms with van der Waals surface area (Å²) >= 11 is 5.67. The summed E-state index contributed by atoms with van der Waals surface area (Å²) in [5, 5.41) is 0. The molecule has 0 unspecified atom stereocenters. The Kier molecular flexibility index (Phi) is 2.46. The van der Waals surface area contributed by atoms with Crippen molar-refractivity contribution in [1.29, 1.82) is 0 Å². The first-order valence-electron chi connectivity index (χ1n) is 4.27.